The fraction of sp³-hybridized carbons (Fsp3) is 0.545. The lowest BCUT2D eigenvalue weighted by atomic mass is 9.85. The van der Waals surface area contributed by atoms with E-state index in [1.807, 2.05) is 12.2 Å². The fourth-order valence-corrected chi connectivity index (χ4v) is 2.31. The Hall–Kier alpha value is -1.65. The normalized spacial score (nSPS) is 30.4. The highest BCUT2D eigenvalue weighted by Gasteiger charge is 2.48. The molecule has 0 aromatic heterocycles. The predicted octanol–water partition coefficient (Wildman–Crippen LogP) is -0.924. The van der Waals surface area contributed by atoms with Crippen molar-refractivity contribution in [1.82, 2.24) is 4.90 Å². The summed E-state index contributed by atoms with van der Waals surface area (Å²) in [6.07, 6.45) is 4.76. The number of rotatable bonds is 2. The maximum atomic E-state index is 11.9. The Kier molecular flexibility index (Phi) is 2.53. The second-order valence-electron chi connectivity index (χ2n) is 4.20. The SMILES string of the molecule is C[C@@H](C(=O)[O-])N1C(=O)[C@H]2CC=CC[C@@H]2C1=O. The van der Waals surface area contributed by atoms with Crippen LogP contribution in [0.15, 0.2) is 12.2 Å². The average molecular weight is 222 g/mol. The lowest BCUT2D eigenvalue weighted by molar-refractivity contribution is -0.310. The molecule has 0 N–H and O–H groups in total. The summed E-state index contributed by atoms with van der Waals surface area (Å²) in [5.41, 5.74) is 0. The van der Waals surface area contributed by atoms with Crippen molar-refractivity contribution in [2.75, 3.05) is 0 Å². The van der Waals surface area contributed by atoms with Crippen LogP contribution in [0.25, 0.3) is 0 Å². The van der Waals surface area contributed by atoms with Crippen molar-refractivity contribution in [1.29, 1.82) is 0 Å². The van der Waals surface area contributed by atoms with E-state index in [-0.39, 0.29) is 23.7 Å². The molecule has 1 fully saturated rings. The van der Waals surface area contributed by atoms with Crippen molar-refractivity contribution in [3.63, 3.8) is 0 Å². The number of hydrogen-bond donors (Lipinski definition) is 0. The summed E-state index contributed by atoms with van der Waals surface area (Å²) in [4.78, 5) is 35.3. The van der Waals surface area contributed by atoms with Crippen LogP contribution in [0.4, 0.5) is 0 Å². The quantitative estimate of drug-likeness (QED) is 0.447. The number of likely N-dealkylation sites (tertiary alicyclic amines) is 1. The molecule has 0 spiro atoms. The maximum absolute atomic E-state index is 11.9. The first-order chi connectivity index (χ1) is 7.54. The first kappa shape index (κ1) is 10.9. The van der Waals surface area contributed by atoms with E-state index < -0.39 is 12.0 Å². The smallest absolute Gasteiger partial charge is 0.234 e. The largest absolute Gasteiger partial charge is 0.548 e. The van der Waals surface area contributed by atoms with Crippen LogP contribution in [0, 0.1) is 11.8 Å². The summed E-state index contributed by atoms with van der Waals surface area (Å²) in [5.74, 6) is -2.90. The number of amides is 2. The van der Waals surface area contributed by atoms with Gasteiger partial charge in [-0.25, -0.2) is 0 Å². The number of carboxylic acids is 1. The molecule has 1 heterocycles. The molecule has 3 atom stereocenters. The highest BCUT2D eigenvalue weighted by molar-refractivity contribution is 6.07. The Morgan fingerprint density at radius 1 is 1.31 bits per heavy atom. The molecular weight excluding hydrogens is 210 g/mol. The van der Waals surface area contributed by atoms with Crippen LogP contribution in [-0.4, -0.2) is 28.7 Å². The van der Waals surface area contributed by atoms with Crippen LogP contribution < -0.4 is 5.11 Å². The minimum Gasteiger partial charge on any atom is -0.548 e. The van der Waals surface area contributed by atoms with Gasteiger partial charge in [-0.15, -0.1) is 0 Å². The van der Waals surface area contributed by atoms with E-state index in [0.29, 0.717) is 12.8 Å². The van der Waals surface area contributed by atoms with E-state index >= 15 is 0 Å². The number of nitrogens with zero attached hydrogens (tertiary/aromatic N) is 1. The molecule has 0 aromatic rings. The first-order valence-corrected chi connectivity index (χ1v) is 5.26. The molecule has 5 nitrogen and oxygen atoms in total. The van der Waals surface area contributed by atoms with Crippen molar-refractivity contribution >= 4 is 17.8 Å². The second-order valence-corrected chi connectivity index (χ2v) is 4.20. The second kappa shape index (κ2) is 3.73. The third kappa shape index (κ3) is 1.43. The number of aliphatic carboxylic acids is 1. The predicted molar refractivity (Wildman–Crippen MR) is 51.7 cm³/mol. The third-order valence-electron chi connectivity index (χ3n) is 3.27. The fourth-order valence-electron chi connectivity index (χ4n) is 2.31. The van der Waals surface area contributed by atoms with Gasteiger partial charge in [0.25, 0.3) is 0 Å². The molecular formula is C11H12NO4-. The zero-order valence-electron chi connectivity index (χ0n) is 8.88. The highest BCUT2D eigenvalue weighted by Crippen LogP contribution is 2.35. The van der Waals surface area contributed by atoms with Crippen molar-refractivity contribution in [2.45, 2.75) is 25.8 Å². The summed E-state index contributed by atoms with van der Waals surface area (Å²) in [6, 6.07) is -1.18. The zero-order valence-corrected chi connectivity index (χ0v) is 8.88. The van der Waals surface area contributed by atoms with Crippen LogP contribution in [0.5, 0.6) is 0 Å². The number of imide groups is 1. The van der Waals surface area contributed by atoms with Crippen LogP contribution >= 0.6 is 0 Å². The first-order valence-electron chi connectivity index (χ1n) is 5.26. The van der Waals surface area contributed by atoms with Crippen molar-refractivity contribution in [3.8, 4) is 0 Å². The number of allylic oxidation sites excluding steroid dienone is 2. The van der Waals surface area contributed by atoms with Gasteiger partial charge in [-0.05, 0) is 19.8 Å². The van der Waals surface area contributed by atoms with Gasteiger partial charge >= 0.3 is 0 Å². The lowest BCUT2D eigenvalue weighted by Gasteiger charge is -2.23. The van der Waals surface area contributed by atoms with E-state index in [9.17, 15) is 19.5 Å². The Bertz CT molecular complexity index is 361. The summed E-state index contributed by atoms with van der Waals surface area (Å²) >= 11 is 0. The number of carboxylic acid groups (broad SMARTS) is 1. The van der Waals surface area contributed by atoms with Crippen LogP contribution in [0.3, 0.4) is 0 Å². The minimum absolute atomic E-state index is 0.376. The summed E-state index contributed by atoms with van der Waals surface area (Å²) in [5, 5.41) is 10.7. The van der Waals surface area contributed by atoms with Gasteiger partial charge in [0.1, 0.15) is 0 Å². The van der Waals surface area contributed by atoms with Gasteiger partial charge in [-0.3, -0.25) is 14.5 Å². The number of hydrogen-bond acceptors (Lipinski definition) is 4. The highest BCUT2D eigenvalue weighted by atomic mass is 16.4. The molecule has 2 rings (SSSR count). The molecule has 16 heavy (non-hydrogen) atoms. The van der Waals surface area contributed by atoms with Gasteiger partial charge in [-0.1, -0.05) is 12.2 Å². The van der Waals surface area contributed by atoms with E-state index in [1.54, 1.807) is 0 Å². The van der Waals surface area contributed by atoms with Gasteiger partial charge in [0.05, 0.1) is 23.8 Å². The molecule has 1 saturated heterocycles. The Morgan fingerprint density at radius 2 is 1.75 bits per heavy atom. The molecule has 0 aromatic carbocycles. The van der Waals surface area contributed by atoms with Crippen LogP contribution in [-0.2, 0) is 14.4 Å². The zero-order chi connectivity index (χ0) is 11.9. The Balaban J connectivity index is 2.27. The number of carbonyl (C=O) groups excluding carboxylic acids is 3. The maximum Gasteiger partial charge on any atom is 0.234 e. The van der Waals surface area contributed by atoms with Crippen molar-refractivity contribution < 1.29 is 19.5 Å². The monoisotopic (exact) mass is 222 g/mol. The van der Waals surface area contributed by atoms with Crippen molar-refractivity contribution in [2.24, 2.45) is 11.8 Å². The molecule has 0 bridgehead atoms. The lowest BCUT2D eigenvalue weighted by Crippen LogP contribution is -2.49. The summed E-state index contributed by atoms with van der Waals surface area (Å²) in [7, 11) is 0. The van der Waals surface area contributed by atoms with Gasteiger partial charge < -0.3 is 9.90 Å². The summed E-state index contributed by atoms with van der Waals surface area (Å²) < 4.78 is 0. The van der Waals surface area contributed by atoms with Crippen LogP contribution in [0.1, 0.15) is 19.8 Å². The van der Waals surface area contributed by atoms with E-state index in [2.05, 4.69) is 0 Å². The topological polar surface area (TPSA) is 77.5 Å². The van der Waals surface area contributed by atoms with E-state index in [1.165, 1.54) is 6.92 Å². The molecule has 2 amide bonds. The minimum atomic E-state index is -1.40. The Labute approximate surface area is 92.7 Å². The molecule has 2 aliphatic rings. The molecule has 0 saturated carbocycles. The number of carbonyl (C=O) groups is 3. The Morgan fingerprint density at radius 3 is 2.12 bits per heavy atom. The number of fused-ring (bicyclic) bond motifs is 1. The standard InChI is InChI=1S/C11H13NO4/c1-6(11(15)16)12-9(13)7-4-2-3-5-8(7)10(12)14/h2-3,6-8H,4-5H2,1H3,(H,15,16)/p-1/t6-,7-,8-/m0/s1. The van der Waals surface area contributed by atoms with Gasteiger partial charge in [0, 0.05) is 0 Å². The van der Waals surface area contributed by atoms with Gasteiger partial charge in [-0.2, -0.15) is 0 Å². The molecule has 1 aliphatic heterocycles. The molecule has 5 heteroatoms. The molecule has 1 aliphatic carbocycles. The molecule has 86 valence electrons. The van der Waals surface area contributed by atoms with Crippen LogP contribution in [0.2, 0.25) is 0 Å². The summed E-state index contributed by atoms with van der Waals surface area (Å²) in [6.45, 7) is 1.30. The average Bonchev–Trinajstić information content (AvgIpc) is 2.52. The third-order valence-corrected chi connectivity index (χ3v) is 3.27. The van der Waals surface area contributed by atoms with Gasteiger partial charge in [0.2, 0.25) is 11.8 Å². The molecule has 0 radical (unpaired) electrons. The van der Waals surface area contributed by atoms with Gasteiger partial charge in [0.15, 0.2) is 0 Å². The van der Waals surface area contributed by atoms with E-state index in [4.69, 9.17) is 0 Å². The van der Waals surface area contributed by atoms with E-state index in [0.717, 1.165) is 4.90 Å². The van der Waals surface area contributed by atoms with Crippen molar-refractivity contribution in [3.05, 3.63) is 12.2 Å². The molecule has 0 unspecified atom stereocenters.